The van der Waals surface area contributed by atoms with Crippen LogP contribution < -0.4 is 0 Å². The van der Waals surface area contributed by atoms with Crippen molar-refractivity contribution in [1.82, 2.24) is 9.80 Å². The molecule has 0 aromatic heterocycles. The van der Waals surface area contributed by atoms with Crippen molar-refractivity contribution in [3.05, 3.63) is 0 Å². The normalized spacial score (nSPS) is 30.5. The number of morpholine rings is 1. The highest BCUT2D eigenvalue weighted by molar-refractivity contribution is 5.84. The highest BCUT2D eigenvalue weighted by atomic mass is 19.4. The Balaban J connectivity index is 0.000000318. The average Bonchev–Trinajstić information content (AvgIpc) is 3.38. The highest BCUT2D eigenvalue weighted by Gasteiger charge is 2.54. The van der Waals surface area contributed by atoms with Crippen molar-refractivity contribution < 1.29 is 37.3 Å². The number of ether oxygens (including phenoxy) is 2. The molecule has 172 valence electrons. The number of amides is 1. The number of aliphatic carboxylic acids is 1. The molecule has 3 heterocycles. The molecule has 2 atom stereocenters. The molecule has 4 aliphatic rings. The van der Waals surface area contributed by atoms with E-state index in [2.05, 4.69) is 4.90 Å². The predicted molar refractivity (Wildman–Crippen MR) is 101 cm³/mol. The van der Waals surface area contributed by atoms with Gasteiger partial charge in [0.2, 0.25) is 5.91 Å². The molecule has 3 aliphatic heterocycles. The van der Waals surface area contributed by atoms with E-state index in [4.69, 9.17) is 19.4 Å². The first-order valence-electron chi connectivity index (χ1n) is 10.7. The molecule has 0 bridgehead atoms. The Morgan fingerprint density at radius 2 is 1.67 bits per heavy atom. The van der Waals surface area contributed by atoms with Crippen LogP contribution in [0.4, 0.5) is 13.2 Å². The zero-order valence-corrected chi connectivity index (χ0v) is 17.2. The van der Waals surface area contributed by atoms with Crippen LogP contribution in [0.15, 0.2) is 0 Å². The summed E-state index contributed by atoms with van der Waals surface area (Å²) < 4.78 is 43.1. The van der Waals surface area contributed by atoms with Crippen molar-refractivity contribution in [3.63, 3.8) is 0 Å². The maximum atomic E-state index is 13.3. The molecule has 10 heteroatoms. The van der Waals surface area contributed by atoms with Crippen molar-refractivity contribution in [1.29, 1.82) is 0 Å². The van der Waals surface area contributed by atoms with Crippen LogP contribution in [0.25, 0.3) is 0 Å². The van der Waals surface area contributed by atoms with E-state index in [-0.39, 0.29) is 11.5 Å². The number of carboxylic acids is 1. The Morgan fingerprint density at radius 3 is 2.27 bits per heavy atom. The Hall–Kier alpha value is -1.39. The lowest BCUT2D eigenvalue weighted by atomic mass is 9.75. The first kappa shape index (κ1) is 23.3. The number of carbonyl (C=O) groups is 2. The monoisotopic (exact) mass is 436 g/mol. The Morgan fingerprint density at radius 1 is 1.03 bits per heavy atom. The minimum atomic E-state index is -5.08. The highest BCUT2D eigenvalue weighted by Crippen LogP contribution is 2.43. The number of piperidine rings is 1. The third-order valence-electron chi connectivity index (χ3n) is 6.65. The molecule has 30 heavy (non-hydrogen) atoms. The van der Waals surface area contributed by atoms with Gasteiger partial charge in [0.05, 0.1) is 24.7 Å². The van der Waals surface area contributed by atoms with Gasteiger partial charge < -0.3 is 24.4 Å². The Labute approximate surface area is 174 Å². The van der Waals surface area contributed by atoms with Crippen molar-refractivity contribution >= 4 is 11.9 Å². The van der Waals surface area contributed by atoms with Crippen LogP contribution in [-0.4, -0.2) is 91.6 Å². The van der Waals surface area contributed by atoms with Gasteiger partial charge in [0.25, 0.3) is 0 Å². The molecule has 0 unspecified atom stereocenters. The van der Waals surface area contributed by atoms with E-state index in [9.17, 15) is 18.0 Å². The van der Waals surface area contributed by atoms with Crippen LogP contribution in [0.2, 0.25) is 0 Å². The van der Waals surface area contributed by atoms with Crippen LogP contribution in [0.3, 0.4) is 0 Å². The van der Waals surface area contributed by atoms with Crippen LogP contribution >= 0.6 is 0 Å². The zero-order chi connectivity index (χ0) is 21.8. The molecular formula is C20H31F3N2O5. The minimum Gasteiger partial charge on any atom is -0.475 e. The molecule has 0 aromatic carbocycles. The fourth-order valence-electron chi connectivity index (χ4n) is 5.13. The topological polar surface area (TPSA) is 79.3 Å². The second-order valence-electron chi connectivity index (χ2n) is 8.65. The summed E-state index contributed by atoms with van der Waals surface area (Å²) in [4.78, 5) is 26.8. The van der Waals surface area contributed by atoms with Gasteiger partial charge in [-0.25, -0.2) is 4.79 Å². The molecule has 7 nitrogen and oxygen atoms in total. The van der Waals surface area contributed by atoms with Gasteiger partial charge in [0, 0.05) is 39.3 Å². The van der Waals surface area contributed by atoms with Crippen molar-refractivity contribution in [2.24, 2.45) is 11.3 Å². The van der Waals surface area contributed by atoms with E-state index in [1.54, 1.807) is 0 Å². The molecular weight excluding hydrogens is 405 g/mol. The smallest absolute Gasteiger partial charge is 0.475 e. The number of fused-ring (bicyclic) bond motifs is 1. The summed E-state index contributed by atoms with van der Waals surface area (Å²) >= 11 is 0. The summed E-state index contributed by atoms with van der Waals surface area (Å²) in [5.74, 6) is -1.57. The Bertz CT molecular complexity index is 606. The second-order valence-corrected chi connectivity index (χ2v) is 8.65. The maximum absolute atomic E-state index is 13.3. The number of halogens is 3. The molecule has 3 saturated heterocycles. The number of nitrogens with zero attached hydrogens (tertiary/aromatic N) is 2. The van der Waals surface area contributed by atoms with Crippen molar-refractivity contribution in [2.75, 3.05) is 52.5 Å². The largest absolute Gasteiger partial charge is 0.490 e. The fourth-order valence-corrected chi connectivity index (χ4v) is 5.13. The first-order valence-corrected chi connectivity index (χ1v) is 10.7. The first-order chi connectivity index (χ1) is 14.2. The summed E-state index contributed by atoms with van der Waals surface area (Å²) in [6, 6.07) is 0. The van der Waals surface area contributed by atoms with Gasteiger partial charge in [-0.05, 0) is 31.6 Å². The van der Waals surface area contributed by atoms with E-state index in [0.29, 0.717) is 19.1 Å². The molecule has 4 rings (SSSR count). The number of hydrogen-bond acceptors (Lipinski definition) is 5. The van der Waals surface area contributed by atoms with Gasteiger partial charge >= 0.3 is 12.1 Å². The summed E-state index contributed by atoms with van der Waals surface area (Å²) in [6.45, 7) is 6.79. The van der Waals surface area contributed by atoms with Crippen LogP contribution in [0, 0.1) is 11.3 Å². The lowest BCUT2D eigenvalue weighted by Crippen LogP contribution is -2.59. The van der Waals surface area contributed by atoms with Crippen molar-refractivity contribution in [3.8, 4) is 0 Å². The van der Waals surface area contributed by atoms with E-state index in [1.807, 2.05) is 4.90 Å². The molecule has 0 radical (unpaired) electrons. The van der Waals surface area contributed by atoms with Crippen LogP contribution in [0.5, 0.6) is 0 Å². The quantitative estimate of drug-likeness (QED) is 0.731. The number of hydrogen-bond donors (Lipinski definition) is 1. The number of carboxylic acid groups (broad SMARTS) is 1. The molecule has 1 aliphatic carbocycles. The molecule has 4 fully saturated rings. The third-order valence-corrected chi connectivity index (χ3v) is 6.65. The van der Waals surface area contributed by atoms with Gasteiger partial charge in [-0.15, -0.1) is 0 Å². The Kier molecular flexibility index (Phi) is 7.62. The van der Waals surface area contributed by atoms with Crippen molar-refractivity contribution in [2.45, 2.75) is 50.8 Å². The van der Waals surface area contributed by atoms with Gasteiger partial charge in [0.15, 0.2) is 0 Å². The van der Waals surface area contributed by atoms with Gasteiger partial charge in [0.1, 0.15) is 0 Å². The summed E-state index contributed by atoms with van der Waals surface area (Å²) in [7, 11) is 0. The second kappa shape index (κ2) is 9.82. The fraction of sp³-hybridized carbons (Fsp3) is 0.900. The molecule has 1 amide bonds. The summed E-state index contributed by atoms with van der Waals surface area (Å²) in [5.41, 5.74) is -0.284. The minimum absolute atomic E-state index is 0.137. The molecule has 0 spiro atoms. The lowest BCUT2D eigenvalue weighted by Gasteiger charge is -2.45. The van der Waals surface area contributed by atoms with Gasteiger partial charge in [-0.1, -0.05) is 12.8 Å². The van der Waals surface area contributed by atoms with E-state index in [0.717, 1.165) is 51.5 Å². The SMILES string of the molecule is O=C(N1CCOCC1)[C@@]12CCO[C@@H]1CCN(CC1CCCC1)C2.O=C(O)C(F)(F)F. The lowest BCUT2D eigenvalue weighted by molar-refractivity contribution is -0.192. The van der Waals surface area contributed by atoms with E-state index < -0.39 is 12.1 Å². The predicted octanol–water partition coefficient (Wildman–Crippen LogP) is 2.15. The van der Waals surface area contributed by atoms with Gasteiger partial charge in [-0.3, -0.25) is 4.79 Å². The summed E-state index contributed by atoms with van der Waals surface area (Å²) in [6.07, 6.45) is 2.50. The zero-order valence-electron chi connectivity index (χ0n) is 17.2. The third kappa shape index (κ3) is 5.45. The van der Waals surface area contributed by atoms with Crippen LogP contribution in [-0.2, 0) is 19.1 Å². The van der Waals surface area contributed by atoms with Gasteiger partial charge in [-0.2, -0.15) is 13.2 Å². The average molecular weight is 436 g/mol. The number of carbonyl (C=O) groups excluding carboxylic acids is 1. The number of rotatable bonds is 3. The molecule has 1 saturated carbocycles. The maximum Gasteiger partial charge on any atom is 0.490 e. The molecule has 0 aromatic rings. The molecule has 1 N–H and O–H groups in total. The standard InChI is InChI=1S/C18H30N2O3.C2HF3O2/c21-17(20-8-11-22-12-9-20)18-6-10-23-16(18)5-7-19(14-18)13-15-3-1-2-4-15;3-2(4,5)1(6)7/h15-16H,1-14H2;(H,6,7)/t16-,18-;/m1./s1. The van der Waals surface area contributed by atoms with E-state index in [1.165, 1.54) is 32.2 Å². The summed E-state index contributed by atoms with van der Waals surface area (Å²) in [5, 5.41) is 7.12. The number of likely N-dealkylation sites (tertiary alicyclic amines) is 1. The number of alkyl halides is 3. The van der Waals surface area contributed by atoms with Crippen LogP contribution in [0.1, 0.15) is 38.5 Å². The van der Waals surface area contributed by atoms with E-state index >= 15 is 0 Å².